The highest BCUT2D eigenvalue weighted by Crippen LogP contribution is 2.46. The Morgan fingerprint density at radius 2 is 1.90 bits per heavy atom. The van der Waals surface area contributed by atoms with E-state index < -0.39 is 74.7 Å². The molecule has 50 heavy (non-hydrogen) atoms. The summed E-state index contributed by atoms with van der Waals surface area (Å²) in [7, 11) is -2.40. The summed E-state index contributed by atoms with van der Waals surface area (Å²) in [6.45, 7) is 3.73. The van der Waals surface area contributed by atoms with E-state index in [4.69, 9.17) is 21.1 Å². The Bertz CT molecular complexity index is 1840. The Morgan fingerprint density at radius 1 is 1.14 bits per heavy atom. The van der Waals surface area contributed by atoms with Crippen LogP contribution in [0.1, 0.15) is 58.8 Å². The minimum Gasteiger partial charge on any atom is -0.494 e. The summed E-state index contributed by atoms with van der Waals surface area (Å²) in [6, 6.07) is 2.79. The lowest BCUT2D eigenvalue weighted by Crippen LogP contribution is -2.59. The van der Waals surface area contributed by atoms with Crippen LogP contribution in [0.3, 0.4) is 0 Å². The number of aromatic nitrogens is 1. The maximum Gasteiger partial charge on any atom is 0.405 e. The van der Waals surface area contributed by atoms with Gasteiger partial charge in [0.25, 0.3) is 5.91 Å². The molecule has 0 radical (unpaired) electrons. The van der Waals surface area contributed by atoms with Crippen molar-refractivity contribution in [3.63, 3.8) is 0 Å². The van der Waals surface area contributed by atoms with Crippen LogP contribution < -0.4 is 24.8 Å². The highest BCUT2D eigenvalue weighted by molar-refractivity contribution is 7.91. The van der Waals surface area contributed by atoms with E-state index in [9.17, 15) is 32.7 Å². The Balaban J connectivity index is 1.35. The van der Waals surface area contributed by atoms with Crippen LogP contribution in [-0.4, -0.2) is 89.9 Å². The van der Waals surface area contributed by atoms with Gasteiger partial charge in [0, 0.05) is 28.1 Å². The van der Waals surface area contributed by atoms with Crippen molar-refractivity contribution in [3.05, 3.63) is 41.6 Å². The largest absolute Gasteiger partial charge is 0.494 e. The molecule has 16 heteroatoms. The maximum atomic E-state index is 14.3. The molecule has 0 bridgehead atoms. The molecule has 2 aromatic rings. The Labute approximate surface area is 295 Å². The van der Waals surface area contributed by atoms with Crippen LogP contribution in [0.2, 0.25) is 5.02 Å². The van der Waals surface area contributed by atoms with Crippen LogP contribution >= 0.6 is 11.6 Å². The first kappa shape index (κ1) is 35.7. The molecular formula is C34H42ClN5O9S. The SMILES string of the molecule is COc1cnc(O[C@@H]2C[C@H]3C(=O)N[C@]4(C(=O)NS(=O)(=O)C5CC5)C[C@H]4C=CCC[C@H](C)C[C@@H](C)[C@H](NC(=O)O)C(=O)N3C2)c2cc(Cl)ccc12. The molecule has 6 rings (SSSR count). The normalized spacial score (nSPS) is 30.3. The third-order valence-electron chi connectivity index (χ3n) is 10.2. The van der Waals surface area contributed by atoms with Crippen LogP contribution in [0.4, 0.5) is 4.79 Å². The number of allylic oxidation sites excluding steroid dienone is 1. The van der Waals surface area contributed by atoms with E-state index in [0.29, 0.717) is 47.2 Å². The van der Waals surface area contributed by atoms with Gasteiger partial charge in [-0.25, -0.2) is 18.2 Å². The van der Waals surface area contributed by atoms with Gasteiger partial charge < -0.3 is 30.1 Å². The van der Waals surface area contributed by atoms with E-state index in [1.165, 1.54) is 18.2 Å². The smallest absolute Gasteiger partial charge is 0.405 e. The summed E-state index contributed by atoms with van der Waals surface area (Å²) in [4.78, 5) is 59.9. The van der Waals surface area contributed by atoms with Gasteiger partial charge in [-0.3, -0.25) is 19.1 Å². The molecule has 4 aliphatic rings. The minimum atomic E-state index is -3.91. The zero-order valence-electron chi connectivity index (χ0n) is 28.1. The molecule has 270 valence electrons. The summed E-state index contributed by atoms with van der Waals surface area (Å²) in [5, 5.41) is 15.9. The molecule has 1 aromatic heterocycles. The molecule has 2 aliphatic carbocycles. The maximum absolute atomic E-state index is 14.3. The number of sulfonamides is 1. The molecule has 4 N–H and O–H groups in total. The van der Waals surface area contributed by atoms with Crippen LogP contribution in [0, 0.1) is 17.8 Å². The number of nitrogens with one attached hydrogen (secondary N) is 3. The second-order valence-corrected chi connectivity index (χ2v) is 16.4. The standard InChI is InChI=1S/C34H42ClN5O9S/c1-18-6-4-5-7-20-15-34(20,32(43)39-50(46,47)23-9-10-23)38-29(41)26-14-22(17-40(26)31(42)28(19(2)12-18)37-33(44)45)49-30-25-13-21(35)8-11-24(25)27(48-3)16-36-30/h5,7-8,11,13,16,18-20,22-23,26,28,37H,4,6,9-10,12,14-15,17H2,1-3H3,(H,38,41)(H,39,43)(H,44,45)/t18-,19+,20+,22+,26-,28-,34+/m0/s1. The number of hydrogen-bond donors (Lipinski definition) is 4. The second-order valence-electron chi connectivity index (χ2n) is 14.0. The number of methoxy groups -OCH3 is 1. The van der Waals surface area contributed by atoms with Crippen molar-refractivity contribution >= 4 is 56.2 Å². The topological polar surface area (TPSA) is 193 Å². The molecule has 2 saturated carbocycles. The number of pyridine rings is 1. The van der Waals surface area contributed by atoms with E-state index in [1.54, 1.807) is 25.1 Å². The molecule has 7 atom stereocenters. The van der Waals surface area contributed by atoms with Gasteiger partial charge in [-0.2, -0.15) is 0 Å². The van der Waals surface area contributed by atoms with Crippen LogP contribution in [0.15, 0.2) is 36.5 Å². The summed E-state index contributed by atoms with van der Waals surface area (Å²) < 4.78 is 39.5. The van der Waals surface area contributed by atoms with Crippen LogP contribution in [-0.2, 0) is 24.4 Å². The first-order valence-electron chi connectivity index (χ1n) is 16.9. The third-order valence-corrected chi connectivity index (χ3v) is 12.2. The Morgan fingerprint density at radius 3 is 2.60 bits per heavy atom. The molecule has 3 fully saturated rings. The van der Waals surface area contributed by atoms with Gasteiger partial charge in [0.05, 0.1) is 25.1 Å². The zero-order valence-corrected chi connectivity index (χ0v) is 29.6. The monoisotopic (exact) mass is 731 g/mol. The number of benzene rings is 1. The van der Waals surface area contributed by atoms with Gasteiger partial charge in [-0.05, 0) is 68.6 Å². The molecule has 1 aromatic carbocycles. The fourth-order valence-electron chi connectivity index (χ4n) is 7.21. The predicted octanol–water partition coefficient (Wildman–Crippen LogP) is 3.38. The van der Waals surface area contributed by atoms with Crippen LogP contribution in [0.5, 0.6) is 11.6 Å². The van der Waals surface area contributed by atoms with Crippen molar-refractivity contribution in [2.75, 3.05) is 13.7 Å². The van der Waals surface area contributed by atoms with Crippen molar-refractivity contribution in [1.29, 1.82) is 0 Å². The number of hydrogen-bond acceptors (Lipinski definition) is 9. The van der Waals surface area contributed by atoms with E-state index in [2.05, 4.69) is 20.3 Å². The highest BCUT2D eigenvalue weighted by Gasteiger charge is 2.62. The second kappa shape index (κ2) is 13.9. The van der Waals surface area contributed by atoms with Crippen molar-refractivity contribution < 1.29 is 42.2 Å². The number of amides is 4. The molecule has 4 amide bonds. The van der Waals surface area contributed by atoms with Crippen molar-refractivity contribution in [3.8, 4) is 11.6 Å². The van der Waals surface area contributed by atoms with Gasteiger partial charge in [-0.15, -0.1) is 0 Å². The van der Waals surface area contributed by atoms with Gasteiger partial charge >= 0.3 is 6.09 Å². The molecular weight excluding hydrogens is 690 g/mol. The van der Waals surface area contributed by atoms with E-state index in [-0.39, 0.29) is 31.2 Å². The first-order valence-corrected chi connectivity index (χ1v) is 18.8. The molecule has 1 saturated heterocycles. The fourth-order valence-corrected chi connectivity index (χ4v) is 8.75. The first-order chi connectivity index (χ1) is 23.7. The number of nitrogens with zero attached hydrogens (tertiary/aromatic N) is 2. The minimum absolute atomic E-state index is 0.0174. The van der Waals surface area contributed by atoms with E-state index >= 15 is 0 Å². The average molecular weight is 732 g/mol. The lowest BCUT2D eigenvalue weighted by molar-refractivity contribution is -0.142. The van der Waals surface area contributed by atoms with Gasteiger partial charge in [0.15, 0.2) is 0 Å². The summed E-state index contributed by atoms with van der Waals surface area (Å²) >= 11 is 6.31. The van der Waals surface area contributed by atoms with Crippen molar-refractivity contribution in [1.82, 2.24) is 25.2 Å². The number of halogens is 1. The molecule has 14 nitrogen and oxygen atoms in total. The van der Waals surface area contributed by atoms with E-state index in [1.807, 2.05) is 19.1 Å². The molecule has 2 aliphatic heterocycles. The quantitative estimate of drug-likeness (QED) is 0.307. The molecule has 3 heterocycles. The number of rotatable bonds is 7. The lowest BCUT2D eigenvalue weighted by atomic mass is 9.88. The van der Waals surface area contributed by atoms with Crippen LogP contribution in [0.25, 0.3) is 10.8 Å². The number of carboxylic acid groups (broad SMARTS) is 1. The van der Waals surface area contributed by atoms with Crippen molar-refractivity contribution in [2.24, 2.45) is 17.8 Å². The van der Waals surface area contributed by atoms with E-state index in [0.717, 1.165) is 6.42 Å². The number of fused-ring (bicyclic) bond motifs is 3. The summed E-state index contributed by atoms with van der Waals surface area (Å²) in [5.41, 5.74) is -1.54. The fraction of sp³-hybridized carbons (Fsp3) is 0.559. The van der Waals surface area contributed by atoms with Gasteiger partial charge in [0.1, 0.15) is 29.5 Å². The average Bonchev–Trinajstić information content (AvgIpc) is 3.98. The van der Waals surface area contributed by atoms with Gasteiger partial charge in [-0.1, -0.05) is 37.6 Å². The lowest BCUT2D eigenvalue weighted by Gasteiger charge is -2.32. The molecule has 0 spiro atoms. The third kappa shape index (κ3) is 7.34. The number of carbonyl (C=O) groups excluding carboxylic acids is 3. The predicted molar refractivity (Wildman–Crippen MR) is 183 cm³/mol. The molecule has 0 unspecified atom stereocenters. The Kier molecular flexibility index (Phi) is 9.92. The number of ether oxygens (including phenoxy) is 2. The number of carbonyl (C=O) groups is 4. The Hall–Kier alpha value is -4.11. The van der Waals surface area contributed by atoms with Crippen molar-refractivity contribution in [2.45, 2.75) is 87.8 Å². The highest BCUT2D eigenvalue weighted by atomic mass is 35.5. The summed E-state index contributed by atoms with van der Waals surface area (Å²) in [5.74, 6) is -2.18. The zero-order chi connectivity index (χ0) is 36.0. The van der Waals surface area contributed by atoms with Gasteiger partial charge in [0.2, 0.25) is 27.7 Å². The summed E-state index contributed by atoms with van der Waals surface area (Å²) in [6.07, 6.45) is 6.09.